The van der Waals surface area contributed by atoms with Crippen LogP contribution in [0, 0.1) is 5.41 Å². The summed E-state index contributed by atoms with van der Waals surface area (Å²) in [6.45, 7) is 0. The highest BCUT2D eigenvalue weighted by atomic mass is 35.5. The maximum Gasteiger partial charge on any atom is 0.123 e. The van der Waals surface area contributed by atoms with Crippen molar-refractivity contribution in [1.29, 1.82) is 5.41 Å². The molecule has 4 aromatic rings. The molecule has 4 aromatic carbocycles. The molecule has 4 rings (SSSR count). The zero-order chi connectivity index (χ0) is 13.0. The van der Waals surface area contributed by atoms with Crippen molar-refractivity contribution in [1.82, 2.24) is 0 Å². The molecular weight excluding hydrogens is 268 g/mol. The number of halogens is 1. The van der Waals surface area contributed by atoms with Gasteiger partial charge >= 0.3 is 0 Å². The summed E-state index contributed by atoms with van der Waals surface area (Å²) in [6, 6.07) is 18.8. The van der Waals surface area contributed by atoms with Gasteiger partial charge in [0.1, 0.15) is 5.84 Å². The Hall–Kier alpha value is -2.32. The van der Waals surface area contributed by atoms with E-state index in [1.807, 2.05) is 12.1 Å². The van der Waals surface area contributed by atoms with Gasteiger partial charge in [-0.2, -0.15) is 0 Å². The number of hydrogen-bond donors (Lipinski definition) is 2. The Balaban J connectivity index is 0.00000121. The molecule has 0 saturated carbocycles. The molecule has 0 amide bonds. The lowest BCUT2D eigenvalue weighted by Crippen LogP contribution is -2.11. The minimum Gasteiger partial charge on any atom is -0.384 e. The molecule has 0 saturated heterocycles. The molecular formula is C17H13ClN2. The Bertz CT molecular complexity index is 928. The number of amidine groups is 1. The van der Waals surface area contributed by atoms with Crippen LogP contribution in [0.2, 0.25) is 0 Å². The van der Waals surface area contributed by atoms with Crippen LogP contribution in [-0.4, -0.2) is 5.84 Å². The zero-order valence-electron chi connectivity index (χ0n) is 10.7. The Kier molecular flexibility index (Phi) is 2.77. The van der Waals surface area contributed by atoms with Gasteiger partial charge in [0, 0.05) is 5.56 Å². The van der Waals surface area contributed by atoms with Gasteiger partial charge in [-0.1, -0.05) is 54.6 Å². The fraction of sp³-hybridized carbons (Fsp3) is 0. The SMILES string of the molecule is Cl.N=C(N)c1ccc2ccc3cccc4ccc1c2c34. The second-order valence-electron chi connectivity index (χ2n) is 4.88. The molecule has 0 fully saturated rings. The highest BCUT2D eigenvalue weighted by molar-refractivity contribution is 6.26. The Morgan fingerprint density at radius 1 is 0.750 bits per heavy atom. The van der Waals surface area contributed by atoms with Crippen LogP contribution in [0.25, 0.3) is 32.3 Å². The van der Waals surface area contributed by atoms with Crippen molar-refractivity contribution < 1.29 is 0 Å². The first-order chi connectivity index (χ1) is 9.25. The number of benzene rings is 4. The van der Waals surface area contributed by atoms with Crippen LogP contribution in [0.1, 0.15) is 5.56 Å². The van der Waals surface area contributed by atoms with E-state index in [0.717, 1.165) is 10.9 Å². The van der Waals surface area contributed by atoms with Crippen molar-refractivity contribution >= 4 is 50.6 Å². The Morgan fingerprint density at radius 2 is 1.30 bits per heavy atom. The first-order valence-corrected chi connectivity index (χ1v) is 6.26. The van der Waals surface area contributed by atoms with Gasteiger partial charge in [0.05, 0.1) is 0 Å². The molecule has 0 aliphatic rings. The van der Waals surface area contributed by atoms with Crippen molar-refractivity contribution in [2.24, 2.45) is 5.73 Å². The lowest BCUT2D eigenvalue weighted by molar-refractivity contribution is 1.44. The monoisotopic (exact) mass is 280 g/mol. The molecule has 0 aromatic heterocycles. The van der Waals surface area contributed by atoms with Crippen molar-refractivity contribution in [2.45, 2.75) is 0 Å². The van der Waals surface area contributed by atoms with E-state index >= 15 is 0 Å². The summed E-state index contributed by atoms with van der Waals surface area (Å²) in [5.41, 5.74) is 6.51. The first kappa shape index (κ1) is 12.7. The van der Waals surface area contributed by atoms with Crippen LogP contribution < -0.4 is 5.73 Å². The molecule has 0 spiro atoms. The lowest BCUT2D eigenvalue weighted by Gasteiger charge is -2.12. The van der Waals surface area contributed by atoms with E-state index in [0.29, 0.717) is 0 Å². The minimum absolute atomic E-state index is 0. The maximum atomic E-state index is 7.73. The number of nitrogens with one attached hydrogen (secondary N) is 1. The predicted octanol–water partition coefficient (Wildman–Crippen LogP) is 4.29. The van der Waals surface area contributed by atoms with E-state index in [9.17, 15) is 0 Å². The third kappa shape index (κ3) is 1.55. The summed E-state index contributed by atoms with van der Waals surface area (Å²) < 4.78 is 0. The summed E-state index contributed by atoms with van der Waals surface area (Å²) in [7, 11) is 0. The highest BCUT2D eigenvalue weighted by Gasteiger charge is 2.11. The van der Waals surface area contributed by atoms with Crippen LogP contribution in [0.3, 0.4) is 0 Å². The standard InChI is InChI=1S/C17H12N2.ClH/c18-17(19)14-9-7-12-5-4-10-2-1-3-11-6-8-13(14)16(12)15(10)11;/h1-9H,(H3,18,19);1H. The molecule has 0 bridgehead atoms. The summed E-state index contributed by atoms with van der Waals surface area (Å²) in [5, 5.41) is 14.9. The number of rotatable bonds is 1. The van der Waals surface area contributed by atoms with Crippen LogP contribution in [0.5, 0.6) is 0 Å². The van der Waals surface area contributed by atoms with Crippen molar-refractivity contribution in [3.63, 3.8) is 0 Å². The fourth-order valence-corrected chi connectivity index (χ4v) is 2.97. The normalized spacial score (nSPS) is 11.0. The quantitative estimate of drug-likeness (QED) is 0.305. The fourth-order valence-electron chi connectivity index (χ4n) is 2.97. The van der Waals surface area contributed by atoms with Gasteiger partial charge < -0.3 is 5.73 Å². The summed E-state index contributed by atoms with van der Waals surface area (Å²) in [5.74, 6) is 0.123. The highest BCUT2D eigenvalue weighted by Crippen LogP contribution is 2.35. The van der Waals surface area contributed by atoms with E-state index in [1.165, 1.54) is 26.9 Å². The summed E-state index contributed by atoms with van der Waals surface area (Å²) >= 11 is 0. The molecule has 0 aliphatic carbocycles. The summed E-state index contributed by atoms with van der Waals surface area (Å²) in [6.07, 6.45) is 0. The Labute approximate surface area is 122 Å². The molecule has 2 nitrogen and oxygen atoms in total. The molecule has 0 atom stereocenters. The van der Waals surface area contributed by atoms with E-state index in [1.54, 1.807) is 0 Å². The third-order valence-electron chi connectivity index (χ3n) is 3.82. The van der Waals surface area contributed by atoms with Crippen molar-refractivity contribution in [2.75, 3.05) is 0 Å². The molecule has 3 heteroatoms. The van der Waals surface area contributed by atoms with E-state index in [2.05, 4.69) is 42.5 Å². The van der Waals surface area contributed by atoms with Gasteiger partial charge in [-0.3, -0.25) is 5.41 Å². The number of nitrogens with two attached hydrogens (primary N) is 1. The van der Waals surface area contributed by atoms with Crippen LogP contribution in [0.4, 0.5) is 0 Å². The van der Waals surface area contributed by atoms with Crippen molar-refractivity contribution in [3.8, 4) is 0 Å². The van der Waals surface area contributed by atoms with E-state index in [-0.39, 0.29) is 18.2 Å². The van der Waals surface area contributed by atoms with E-state index in [4.69, 9.17) is 11.1 Å². The van der Waals surface area contributed by atoms with Crippen LogP contribution >= 0.6 is 12.4 Å². The predicted molar refractivity (Wildman–Crippen MR) is 88.4 cm³/mol. The number of hydrogen-bond acceptors (Lipinski definition) is 1. The Morgan fingerprint density at radius 3 is 1.95 bits per heavy atom. The zero-order valence-corrected chi connectivity index (χ0v) is 11.5. The third-order valence-corrected chi connectivity index (χ3v) is 3.82. The van der Waals surface area contributed by atoms with Gasteiger partial charge in [0.25, 0.3) is 0 Å². The lowest BCUT2D eigenvalue weighted by atomic mass is 9.92. The maximum absolute atomic E-state index is 7.73. The van der Waals surface area contributed by atoms with Gasteiger partial charge in [-0.25, -0.2) is 0 Å². The molecule has 20 heavy (non-hydrogen) atoms. The minimum atomic E-state index is 0. The van der Waals surface area contributed by atoms with Gasteiger partial charge in [-0.05, 0) is 32.3 Å². The average molecular weight is 281 g/mol. The molecule has 0 aliphatic heterocycles. The summed E-state index contributed by atoms with van der Waals surface area (Å²) in [4.78, 5) is 0. The second-order valence-corrected chi connectivity index (χ2v) is 4.88. The van der Waals surface area contributed by atoms with Crippen LogP contribution in [0.15, 0.2) is 54.6 Å². The molecule has 0 unspecified atom stereocenters. The van der Waals surface area contributed by atoms with Crippen molar-refractivity contribution in [3.05, 3.63) is 60.2 Å². The smallest absolute Gasteiger partial charge is 0.123 e. The van der Waals surface area contributed by atoms with Gasteiger partial charge in [0.15, 0.2) is 0 Å². The largest absolute Gasteiger partial charge is 0.384 e. The van der Waals surface area contributed by atoms with Gasteiger partial charge in [0.2, 0.25) is 0 Å². The molecule has 98 valence electrons. The molecule has 0 radical (unpaired) electrons. The first-order valence-electron chi connectivity index (χ1n) is 6.26. The molecule has 0 heterocycles. The van der Waals surface area contributed by atoms with Crippen LogP contribution in [-0.2, 0) is 0 Å². The average Bonchev–Trinajstić information content (AvgIpc) is 2.44. The van der Waals surface area contributed by atoms with E-state index < -0.39 is 0 Å². The second kappa shape index (κ2) is 4.36. The molecule has 3 N–H and O–H groups in total. The number of nitrogen functional groups attached to an aromatic ring is 1. The van der Waals surface area contributed by atoms with Gasteiger partial charge in [-0.15, -0.1) is 12.4 Å². The topological polar surface area (TPSA) is 49.9 Å².